The zero-order valence-corrected chi connectivity index (χ0v) is 16.6. The minimum Gasteiger partial charge on any atom is -0.394 e. The van der Waals surface area contributed by atoms with Crippen LogP contribution in [-0.4, -0.2) is 6.16 Å². The van der Waals surface area contributed by atoms with Gasteiger partial charge in [-0.3, -0.25) is 0 Å². The topological polar surface area (TPSA) is 35.5 Å². The zero-order chi connectivity index (χ0) is 20.5. The number of rotatable bonds is 3. The van der Waals surface area contributed by atoms with Crippen molar-refractivity contribution in [2.45, 2.75) is 13.3 Å². The highest BCUT2D eigenvalue weighted by atomic mass is 16.7. The van der Waals surface area contributed by atoms with E-state index in [4.69, 9.17) is 9.47 Å². The van der Waals surface area contributed by atoms with Crippen LogP contribution in [0.3, 0.4) is 0 Å². The van der Waals surface area contributed by atoms with Crippen molar-refractivity contribution in [1.29, 1.82) is 0 Å². The van der Waals surface area contributed by atoms with Crippen LogP contribution in [-0.2, 0) is 6.42 Å². The van der Waals surface area contributed by atoms with E-state index in [0.717, 1.165) is 44.3 Å². The molecule has 0 unspecified atom stereocenters. The Bertz CT molecular complexity index is 1400. The summed E-state index contributed by atoms with van der Waals surface area (Å²) in [6.07, 6.45) is 0.0969. The number of carbonyl (C=O) groups is 1. The van der Waals surface area contributed by atoms with Crippen molar-refractivity contribution in [3.63, 3.8) is 0 Å². The standard InChI is InChI=1S/C27H20O3/c1-2-18-11-7-13-21-17-20-10-4-6-15-23(20)26(25(18)21)30-27(28)29-24-16-8-12-19-9-3-5-14-22(19)24/h3-17H,2H2,1H3. The first-order valence-corrected chi connectivity index (χ1v) is 10.1. The SMILES string of the molecule is CCc1cccc2cc3ccccc3c(OC(=O)Oc3cccc4ccccc34)c12. The molecule has 0 amide bonds. The second-order valence-corrected chi connectivity index (χ2v) is 7.23. The molecule has 0 saturated heterocycles. The fraction of sp³-hybridized carbons (Fsp3) is 0.0741. The van der Waals surface area contributed by atoms with Crippen LogP contribution in [0, 0.1) is 0 Å². The van der Waals surface area contributed by atoms with Crippen molar-refractivity contribution in [2.24, 2.45) is 0 Å². The van der Waals surface area contributed by atoms with Crippen molar-refractivity contribution in [3.8, 4) is 11.5 Å². The van der Waals surface area contributed by atoms with E-state index in [-0.39, 0.29) is 0 Å². The largest absolute Gasteiger partial charge is 0.519 e. The van der Waals surface area contributed by atoms with E-state index in [0.29, 0.717) is 11.5 Å². The molecular formula is C27H20O3. The van der Waals surface area contributed by atoms with Crippen molar-refractivity contribution < 1.29 is 14.3 Å². The molecule has 0 atom stereocenters. The number of hydrogen-bond acceptors (Lipinski definition) is 3. The average Bonchev–Trinajstić information content (AvgIpc) is 2.78. The van der Waals surface area contributed by atoms with Crippen molar-refractivity contribution >= 4 is 38.5 Å². The quantitative estimate of drug-likeness (QED) is 0.184. The number of carbonyl (C=O) groups excluding carboxylic acids is 1. The van der Waals surface area contributed by atoms with Gasteiger partial charge in [0.1, 0.15) is 11.5 Å². The molecule has 0 radical (unpaired) electrons. The lowest BCUT2D eigenvalue weighted by Crippen LogP contribution is -2.14. The summed E-state index contributed by atoms with van der Waals surface area (Å²) in [6, 6.07) is 29.6. The molecule has 0 aromatic heterocycles. The molecule has 5 aromatic rings. The molecule has 30 heavy (non-hydrogen) atoms. The summed E-state index contributed by atoms with van der Waals surface area (Å²) in [7, 11) is 0. The van der Waals surface area contributed by atoms with E-state index in [1.807, 2.05) is 72.8 Å². The first-order chi connectivity index (χ1) is 14.7. The molecule has 3 nitrogen and oxygen atoms in total. The van der Waals surface area contributed by atoms with Crippen molar-refractivity contribution in [3.05, 3.63) is 96.6 Å². The Balaban J connectivity index is 1.61. The molecule has 146 valence electrons. The molecule has 0 bridgehead atoms. The smallest absolute Gasteiger partial charge is 0.394 e. The van der Waals surface area contributed by atoms with Crippen LogP contribution in [0.5, 0.6) is 11.5 Å². The fourth-order valence-corrected chi connectivity index (χ4v) is 4.03. The van der Waals surface area contributed by atoms with Crippen molar-refractivity contribution in [1.82, 2.24) is 0 Å². The second kappa shape index (κ2) is 7.53. The molecule has 0 saturated carbocycles. The number of benzene rings is 5. The van der Waals surface area contributed by atoms with Crippen LogP contribution >= 0.6 is 0 Å². The minimum absolute atomic E-state index is 0.485. The molecule has 0 N–H and O–H groups in total. The lowest BCUT2D eigenvalue weighted by atomic mass is 9.97. The van der Waals surface area contributed by atoms with Gasteiger partial charge in [-0.25, -0.2) is 4.79 Å². The number of hydrogen-bond donors (Lipinski definition) is 0. The molecule has 0 heterocycles. The molecule has 0 fully saturated rings. The van der Waals surface area contributed by atoms with Gasteiger partial charge in [0, 0.05) is 16.2 Å². The Hall–Kier alpha value is -3.85. The van der Waals surface area contributed by atoms with Gasteiger partial charge in [0.15, 0.2) is 0 Å². The van der Waals surface area contributed by atoms with Gasteiger partial charge in [0.25, 0.3) is 0 Å². The van der Waals surface area contributed by atoms with E-state index in [2.05, 4.69) is 19.1 Å². The van der Waals surface area contributed by atoms with Gasteiger partial charge in [-0.15, -0.1) is 0 Å². The van der Waals surface area contributed by atoms with Crippen LogP contribution in [0.1, 0.15) is 12.5 Å². The second-order valence-electron chi connectivity index (χ2n) is 7.23. The molecule has 5 rings (SSSR count). The maximum Gasteiger partial charge on any atom is 0.519 e. The third-order valence-electron chi connectivity index (χ3n) is 5.44. The maximum absolute atomic E-state index is 12.9. The normalized spacial score (nSPS) is 11.1. The Morgan fingerprint density at radius 1 is 0.700 bits per heavy atom. The summed E-state index contributed by atoms with van der Waals surface area (Å²) in [5.74, 6) is 1.03. The lowest BCUT2D eigenvalue weighted by molar-refractivity contribution is 0.153. The van der Waals surface area contributed by atoms with Gasteiger partial charge in [-0.05, 0) is 40.3 Å². The van der Waals surface area contributed by atoms with Crippen LogP contribution in [0.25, 0.3) is 32.3 Å². The van der Waals surface area contributed by atoms with Gasteiger partial charge < -0.3 is 9.47 Å². The Morgan fingerprint density at radius 2 is 1.37 bits per heavy atom. The molecule has 0 aliphatic rings. The predicted octanol–water partition coefficient (Wildman–Crippen LogP) is 7.29. The highest BCUT2D eigenvalue weighted by Gasteiger charge is 2.17. The molecule has 0 aliphatic carbocycles. The highest BCUT2D eigenvalue weighted by molar-refractivity contribution is 6.07. The van der Waals surface area contributed by atoms with Crippen LogP contribution in [0.4, 0.5) is 4.79 Å². The van der Waals surface area contributed by atoms with E-state index < -0.39 is 6.16 Å². The Morgan fingerprint density at radius 3 is 2.20 bits per heavy atom. The first-order valence-electron chi connectivity index (χ1n) is 10.1. The summed E-state index contributed by atoms with van der Waals surface area (Å²) in [6.45, 7) is 2.10. The minimum atomic E-state index is -0.741. The highest BCUT2D eigenvalue weighted by Crippen LogP contribution is 2.37. The summed E-state index contributed by atoms with van der Waals surface area (Å²) >= 11 is 0. The Kier molecular flexibility index (Phi) is 4.56. The van der Waals surface area contributed by atoms with Crippen LogP contribution < -0.4 is 9.47 Å². The van der Waals surface area contributed by atoms with Gasteiger partial charge in [-0.2, -0.15) is 0 Å². The van der Waals surface area contributed by atoms with E-state index >= 15 is 0 Å². The molecule has 5 aromatic carbocycles. The zero-order valence-electron chi connectivity index (χ0n) is 16.6. The molecule has 3 heteroatoms. The van der Waals surface area contributed by atoms with Gasteiger partial charge in [0.2, 0.25) is 0 Å². The third kappa shape index (κ3) is 3.15. The maximum atomic E-state index is 12.9. The molecule has 0 spiro atoms. The van der Waals surface area contributed by atoms with E-state index in [1.54, 1.807) is 6.07 Å². The molecular weight excluding hydrogens is 372 g/mol. The molecule has 0 aliphatic heterocycles. The van der Waals surface area contributed by atoms with E-state index in [9.17, 15) is 4.79 Å². The van der Waals surface area contributed by atoms with Gasteiger partial charge >= 0.3 is 6.16 Å². The summed E-state index contributed by atoms with van der Waals surface area (Å²) < 4.78 is 11.5. The number of ether oxygens (including phenoxy) is 2. The fourth-order valence-electron chi connectivity index (χ4n) is 4.03. The third-order valence-corrected chi connectivity index (χ3v) is 5.44. The number of fused-ring (bicyclic) bond motifs is 3. The summed E-state index contributed by atoms with van der Waals surface area (Å²) in [5.41, 5.74) is 1.13. The summed E-state index contributed by atoms with van der Waals surface area (Å²) in [4.78, 5) is 12.9. The predicted molar refractivity (Wildman–Crippen MR) is 121 cm³/mol. The van der Waals surface area contributed by atoms with Gasteiger partial charge in [-0.1, -0.05) is 85.8 Å². The van der Waals surface area contributed by atoms with Crippen LogP contribution in [0.15, 0.2) is 91.0 Å². The van der Waals surface area contributed by atoms with Crippen molar-refractivity contribution in [2.75, 3.05) is 0 Å². The van der Waals surface area contributed by atoms with E-state index in [1.165, 1.54) is 0 Å². The Labute approximate surface area is 174 Å². The summed E-state index contributed by atoms with van der Waals surface area (Å²) in [5, 5.41) is 5.78. The van der Waals surface area contributed by atoms with Crippen LogP contribution in [0.2, 0.25) is 0 Å². The first kappa shape index (κ1) is 18.2. The average molecular weight is 392 g/mol. The monoisotopic (exact) mass is 392 g/mol. The number of aryl methyl sites for hydroxylation is 1. The van der Waals surface area contributed by atoms with Gasteiger partial charge in [0.05, 0.1) is 0 Å². The lowest BCUT2D eigenvalue weighted by Gasteiger charge is -2.15.